The van der Waals surface area contributed by atoms with Gasteiger partial charge in [0.1, 0.15) is 5.75 Å². The number of furan rings is 1. The number of hydrogen-bond donors (Lipinski definition) is 1. The van der Waals surface area contributed by atoms with Gasteiger partial charge in [-0.1, -0.05) is 12.1 Å². The zero-order valence-electron chi connectivity index (χ0n) is 8.64. The molecule has 1 heterocycles. The van der Waals surface area contributed by atoms with Crippen LogP contribution < -0.4 is 0 Å². The van der Waals surface area contributed by atoms with Crippen LogP contribution in [0.2, 0.25) is 0 Å². The van der Waals surface area contributed by atoms with E-state index < -0.39 is 5.97 Å². The van der Waals surface area contributed by atoms with Gasteiger partial charge in [0.25, 0.3) is 0 Å². The van der Waals surface area contributed by atoms with Gasteiger partial charge in [-0.2, -0.15) is 0 Å². The van der Waals surface area contributed by atoms with Crippen molar-refractivity contribution < 1.29 is 19.1 Å². The van der Waals surface area contributed by atoms with Crippen molar-refractivity contribution in [3.05, 3.63) is 42.4 Å². The third-order valence-corrected chi connectivity index (χ3v) is 2.19. The third kappa shape index (κ3) is 1.77. The molecule has 0 saturated carbocycles. The second kappa shape index (κ2) is 4.10. The Kier molecular flexibility index (Phi) is 2.64. The Balaban J connectivity index is 2.48. The van der Waals surface area contributed by atoms with Gasteiger partial charge in [-0.05, 0) is 23.8 Å². The minimum absolute atomic E-state index is 0.133. The first-order valence-corrected chi connectivity index (χ1v) is 4.67. The summed E-state index contributed by atoms with van der Waals surface area (Å²) >= 11 is 0. The summed E-state index contributed by atoms with van der Waals surface area (Å²) in [6.07, 6.45) is 1.41. The number of phenols is 1. The molecule has 1 aromatic carbocycles. The molecule has 2 rings (SSSR count). The fourth-order valence-corrected chi connectivity index (χ4v) is 1.46. The van der Waals surface area contributed by atoms with Gasteiger partial charge in [-0.3, -0.25) is 0 Å². The fourth-order valence-electron chi connectivity index (χ4n) is 1.46. The molecule has 0 unspecified atom stereocenters. The fraction of sp³-hybridized carbons (Fsp3) is 0.0833. The van der Waals surface area contributed by atoms with E-state index in [2.05, 4.69) is 4.74 Å². The van der Waals surface area contributed by atoms with Crippen molar-refractivity contribution in [2.45, 2.75) is 0 Å². The monoisotopic (exact) mass is 218 g/mol. The highest BCUT2D eigenvalue weighted by Gasteiger charge is 2.17. The molecule has 2 aromatic rings. The van der Waals surface area contributed by atoms with Crippen LogP contribution in [0, 0.1) is 0 Å². The predicted molar refractivity (Wildman–Crippen MR) is 57.1 cm³/mol. The molecule has 1 aromatic heterocycles. The van der Waals surface area contributed by atoms with Gasteiger partial charge in [0.15, 0.2) is 0 Å². The Morgan fingerprint density at radius 2 is 2.19 bits per heavy atom. The quantitative estimate of drug-likeness (QED) is 0.786. The van der Waals surface area contributed by atoms with Crippen LogP contribution in [0.5, 0.6) is 5.75 Å². The molecule has 0 atom stereocenters. The minimum atomic E-state index is -0.539. The van der Waals surface area contributed by atoms with Gasteiger partial charge in [-0.15, -0.1) is 0 Å². The highest BCUT2D eigenvalue weighted by Crippen LogP contribution is 2.27. The predicted octanol–water partition coefficient (Wildman–Crippen LogP) is 2.44. The van der Waals surface area contributed by atoms with Crippen LogP contribution in [0.4, 0.5) is 0 Å². The van der Waals surface area contributed by atoms with Crippen LogP contribution >= 0.6 is 0 Å². The lowest BCUT2D eigenvalue weighted by atomic mass is 10.1. The Morgan fingerprint density at radius 1 is 1.38 bits per heavy atom. The zero-order chi connectivity index (χ0) is 11.5. The maximum atomic E-state index is 11.4. The van der Waals surface area contributed by atoms with E-state index >= 15 is 0 Å². The molecule has 1 N–H and O–H groups in total. The van der Waals surface area contributed by atoms with Crippen molar-refractivity contribution in [3.8, 4) is 16.9 Å². The van der Waals surface area contributed by atoms with Crippen molar-refractivity contribution >= 4 is 5.97 Å². The molecule has 0 bridgehead atoms. The van der Waals surface area contributed by atoms with Gasteiger partial charge in [0, 0.05) is 5.56 Å². The zero-order valence-corrected chi connectivity index (χ0v) is 8.64. The first-order valence-electron chi connectivity index (χ1n) is 4.67. The number of esters is 1. The summed E-state index contributed by atoms with van der Waals surface area (Å²) in [5.74, 6) is -0.272. The molecule has 0 saturated heterocycles. The molecule has 0 fully saturated rings. The average Bonchev–Trinajstić information content (AvgIpc) is 2.77. The Bertz CT molecular complexity index is 513. The lowest BCUT2D eigenvalue weighted by Gasteiger charge is -2.01. The molecule has 82 valence electrons. The van der Waals surface area contributed by atoms with Crippen LogP contribution in [0.15, 0.2) is 41.0 Å². The number of methoxy groups -OCH3 is 1. The van der Waals surface area contributed by atoms with Gasteiger partial charge in [0.2, 0.25) is 5.76 Å². The molecule has 16 heavy (non-hydrogen) atoms. The van der Waals surface area contributed by atoms with Gasteiger partial charge in [0.05, 0.1) is 13.4 Å². The van der Waals surface area contributed by atoms with E-state index in [1.54, 1.807) is 30.3 Å². The maximum Gasteiger partial charge on any atom is 0.374 e. The van der Waals surface area contributed by atoms with E-state index in [1.807, 2.05) is 0 Å². The van der Waals surface area contributed by atoms with E-state index in [0.29, 0.717) is 11.1 Å². The second-order valence-corrected chi connectivity index (χ2v) is 3.21. The van der Waals surface area contributed by atoms with Crippen LogP contribution in [-0.2, 0) is 4.74 Å². The number of phenolic OH excluding ortho intramolecular Hbond substituents is 1. The first kappa shape index (κ1) is 10.3. The standard InChI is InChI=1S/C12H10O4/c1-15-12(14)11-10(5-6-16-11)8-3-2-4-9(13)7-8/h2-7,13H,1H3. The van der Waals surface area contributed by atoms with Crippen molar-refractivity contribution in [2.75, 3.05) is 7.11 Å². The number of ether oxygens (including phenoxy) is 1. The molecule has 4 nitrogen and oxygen atoms in total. The number of rotatable bonds is 2. The lowest BCUT2D eigenvalue weighted by Crippen LogP contribution is -2.00. The SMILES string of the molecule is COC(=O)c1occc1-c1cccc(O)c1. The molecule has 0 amide bonds. The van der Waals surface area contributed by atoms with Crippen molar-refractivity contribution in [3.63, 3.8) is 0 Å². The van der Waals surface area contributed by atoms with E-state index in [4.69, 9.17) is 4.42 Å². The Morgan fingerprint density at radius 3 is 2.88 bits per heavy atom. The molecule has 0 radical (unpaired) electrons. The Labute approximate surface area is 92.1 Å². The number of benzene rings is 1. The van der Waals surface area contributed by atoms with E-state index in [-0.39, 0.29) is 11.5 Å². The summed E-state index contributed by atoms with van der Waals surface area (Å²) in [4.78, 5) is 11.4. The Hall–Kier alpha value is -2.23. The maximum absolute atomic E-state index is 11.4. The van der Waals surface area contributed by atoms with Crippen LogP contribution in [0.25, 0.3) is 11.1 Å². The molecule has 0 aliphatic heterocycles. The number of carbonyl (C=O) groups is 1. The average molecular weight is 218 g/mol. The van der Waals surface area contributed by atoms with Crippen molar-refractivity contribution in [1.82, 2.24) is 0 Å². The van der Waals surface area contributed by atoms with E-state index in [9.17, 15) is 9.90 Å². The normalized spacial score (nSPS) is 10.1. The highest BCUT2D eigenvalue weighted by atomic mass is 16.5. The molecule has 4 heteroatoms. The molecular formula is C12H10O4. The van der Waals surface area contributed by atoms with Gasteiger partial charge in [-0.25, -0.2) is 4.79 Å². The molecule has 0 aliphatic rings. The third-order valence-electron chi connectivity index (χ3n) is 2.19. The smallest absolute Gasteiger partial charge is 0.374 e. The van der Waals surface area contributed by atoms with Gasteiger partial charge < -0.3 is 14.3 Å². The molecule has 0 aliphatic carbocycles. The van der Waals surface area contributed by atoms with Crippen molar-refractivity contribution in [2.24, 2.45) is 0 Å². The summed E-state index contributed by atoms with van der Waals surface area (Å²) in [5.41, 5.74) is 1.30. The number of carbonyl (C=O) groups excluding carboxylic acids is 1. The first-order chi connectivity index (χ1) is 7.72. The summed E-state index contributed by atoms with van der Waals surface area (Å²) in [5, 5.41) is 9.35. The molecule has 0 spiro atoms. The minimum Gasteiger partial charge on any atom is -0.508 e. The second-order valence-electron chi connectivity index (χ2n) is 3.21. The summed E-state index contributed by atoms with van der Waals surface area (Å²) < 4.78 is 9.65. The van der Waals surface area contributed by atoms with Crippen LogP contribution in [0.3, 0.4) is 0 Å². The number of aromatic hydroxyl groups is 1. The van der Waals surface area contributed by atoms with Crippen molar-refractivity contribution in [1.29, 1.82) is 0 Å². The van der Waals surface area contributed by atoms with Gasteiger partial charge >= 0.3 is 5.97 Å². The summed E-state index contributed by atoms with van der Waals surface area (Å²) in [7, 11) is 1.29. The van der Waals surface area contributed by atoms with E-state index in [1.165, 1.54) is 13.4 Å². The lowest BCUT2D eigenvalue weighted by molar-refractivity contribution is 0.0566. The van der Waals surface area contributed by atoms with Crippen LogP contribution in [0.1, 0.15) is 10.6 Å². The summed E-state index contributed by atoms with van der Waals surface area (Å²) in [6, 6.07) is 8.23. The number of hydrogen-bond acceptors (Lipinski definition) is 4. The molecular weight excluding hydrogens is 208 g/mol. The van der Waals surface area contributed by atoms with Crippen LogP contribution in [-0.4, -0.2) is 18.2 Å². The van der Waals surface area contributed by atoms with E-state index in [0.717, 1.165) is 0 Å². The highest BCUT2D eigenvalue weighted by molar-refractivity contribution is 5.94. The largest absolute Gasteiger partial charge is 0.508 e. The topological polar surface area (TPSA) is 59.7 Å². The summed E-state index contributed by atoms with van der Waals surface area (Å²) in [6.45, 7) is 0.